The number of hydrazone groups is 1. The van der Waals surface area contributed by atoms with Gasteiger partial charge < -0.3 is 14.3 Å². The van der Waals surface area contributed by atoms with E-state index in [2.05, 4.69) is 5.10 Å². The molecule has 0 spiro atoms. The Hall–Kier alpha value is -3.93. The third-order valence-electron chi connectivity index (χ3n) is 4.70. The van der Waals surface area contributed by atoms with Crippen LogP contribution in [0.15, 0.2) is 75.8 Å². The van der Waals surface area contributed by atoms with Gasteiger partial charge in [-0.3, -0.25) is 4.79 Å². The molecule has 0 N–H and O–H groups in total. The summed E-state index contributed by atoms with van der Waals surface area (Å²) >= 11 is 0. The van der Waals surface area contributed by atoms with E-state index in [1.165, 1.54) is 11.1 Å². The Morgan fingerprint density at radius 3 is 2.52 bits per heavy atom. The van der Waals surface area contributed by atoms with E-state index < -0.39 is 5.97 Å². The largest absolute Gasteiger partial charge is 0.545 e. The average Bonchev–Trinajstić information content (AvgIpc) is 3.28. The van der Waals surface area contributed by atoms with Crippen LogP contribution in [0.3, 0.4) is 0 Å². The van der Waals surface area contributed by atoms with Gasteiger partial charge >= 0.3 is 0 Å². The van der Waals surface area contributed by atoms with Crippen molar-refractivity contribution >= 4 is 29.4 Å². The lowest BCUT2D eigenvalue weighted by molar-refractivity contribution is -0.255. The lowest BCUT2D eigenvalue weighted by Gasteiger charge is -2.10. The zero-order valence-corrected chi connectivity index (χ0v) is 15.9. The number of para-hydroxylation sites is 1. The Labute approximate surface area is 167 Å². The van der Waals surface area contributed by atoms with Gasteiger partial charge in [0, 0.05) is 5.56 Å². The molecule has 144 valence electrons. The minimum Gasteiger partial charge on any atom is -0.545 e. The summed E-state index contributed by atoms with van der Waals surface area (Å²) < 4.78 is 5.89. The molecule has 2 aromatic carbocycles. The van der Waals surface area contributed by atoms with Crippen molar-refractivity contribution in [2.45, 2.75) is 13.8 Å². The molecule has 4 rings (SSSR count). The van der Waals surface area contributed by atoms with Crippen molar-refractivity contribution in [3.05, 3.63) is 83.1 Å². The smallest absolute Gasteiger partial charge is 0.280 e. The van der Waals surface area contributed by atoms with Crippen LogP contribution in [-0.4, -0.2) is 17.6 Å². The van der Waals surface area contributed by atoms with Crippen molar-refractivity contribution in [2.24, 2.45) is 5.10 Å². The first kappa shape index (κ1) is 18.4. The summed E-state index contributed by atoms with van der Waals surface area (Å²) in [5.74, 6) is -0.349. The second kappa shape index (κ2) is 7.24. The molecule has 0 fully saturated rings. The molecule has 0 aliphatic carbocycles. The number of hydrogen-bond donors (Lipinski definition) is 0. The summed E-state index contributed by atoms with van der Waals surface area (Å²) in [6, 6.07) is 17.5. The number of carbonyl (C=O) groups excluding carboxylic acids is 2. The van der Waals surface area contributed by atoms with E-state index in [9.17, 15) is 14.7 Å². The van der Waals surface area contributed by atoms with Crippen molar-refractivity contribution < 1.29 is 19.1 Å². The summed E-state index contributed by atoms with van der Waals surface area (Å²) in [6.07, 6.45) is 1.67. The molecule has 0 saturated heterocycles. The van der Waals surface area contributed by atoms with Crippen LogP contribution < -0.4 is 10.1 Å². The maximum Gasteiger partial charge on any atom is 0.280 e. The zero-order valence-electron chi connectivity index (χ0n) is 15.9. The van der Waals surface area contributed by atoms with Crippen LogP contribution in [0.4, 0.5) is 5.69 Å². The lowest BCUT2D eigenvalue weighted by atomic mass is 10.0. The van der Waals surface area contributed by atoms with Crippen molar-refractivity contribution in [2.75, 3.05) is 5.01 Å². The molecule has 1 aliphatic rings. The maximum atomic E-state index is 12.8. The van der Waals surface area contributed by atoms with Crippen molar-refractivity contribution in [1.29, 1.82) is 0 Å². The molecule has 1 aliphatic heterocycles. The van der Waals surface area contributed by atoms with Crippen LogP contribution in [0.1, 0.15) is 28.6 Å². The summed E-state index contributed by atoms with van der Waals surface area (Å²) in [7, 11) is 0. The van der Waals surface area contributed by atoms with Gasteiger partial charge in [-0.25, -0.2) is 0 Å². The number of furan rings is 1. The molecule has 29 heavy (non-hydrogen) atoms. The number of carboxylic acid groups (broad SMARTS) is 1. The monoisotopic (exact) mass is 385 g/mol. The third kappa shape index (κ3) is 3.48. The summed E-state index contributed by atoms with van der Waals surface area (Å²) in [5, 5.41) is 16.7. The minimum atomic E-state index is -1.22. The number of aryl methyl sites for hydroxylation is 1. The van der Waals surface area contributed by atoms with Gasteiger partial charge in [0.15, 0.2) is 0 Å². The van der Waals surface area contributed by atoms with E-state index in [4.69, 9.17) is 4.42 Å². The topological polar surface area (TPSA) is 85.9 Å². The van der Waals surface area contributed by atoms with Crippen LogP contribution in [-0.2, 0) is 4.79 Å². The standard InChI is InChI=1S/C23H18N2O4/c1-14-12-16(23(27)28)8-10-19(14)21-11-9-18(29-21)13-20-15(2)24-25(22(20)26)17-6-4-3-5-7-17/h3-13H,1-2H3,(H,27,28)/p-1/b20-13+. The van der Waals surface area contributed by atoms with E-state index in [0.29, 0.717) is 28.5 Å². The third-order valence-corrected chi connectivity index (χ3v) is 4.70. The molecule has 6 nitrogen and oxygen atoms in total. The van der Waals surface area contributed by atoms with Gasteiger partial charge in [0.1, 0.15) is 11.5 Å². The van der Waals surface area contributed by atoms with Crippen LogP contribution in [0, 0.1) is 6.92 Å². The van der Waals surface area contributed by atoms with E-state index in [0.717, 1.165) is 11.1 Å². The highest BCUT2D eigenvalue weighted by molar-refractivity contribution is 6.32. The Kier molecular flexibility index (Phi) is 4.60. The number of aromatic carboxylic acids is 1. The van der Waals surface area contributed by atoms with E-state index >= 15 is 0 Å². The molecule has 2 heterocycles. The fraction of sp³-hybridized carbons (Fsp3) is 0.0870. The highest BCUT2D eigenvalue weighted by Gasteiger charge is 2.28. The number of amides is 1. The summed E-state index contributed by atoms with van der Waals surface area (Å²) in [6.45, 7) is 3.58. The van der Waals surface area contributed by atoms with Crippen molar-refractivity contribution in [1.82, 2.24) is 0 Å². The first-order valence-electron chi connectivity index (χ1n) is 9.03. The second-order valence-corrected chi connectivity index (χ2v) is 6.72. The first-order valence-corrected chi connectivity index (χ1v) is 9.03. The Balaban J connectivity index is 1.62. The molecule has 1 aromatic heterocycles. The van der Waals surface area contributed by atoms with Gasteiger partial charge in [-0.05, 0) is 61.4 Å². The highest BCUT2D eigenvalue weighted by atomic mass is 16.4. The van der Waals surface area contributed by atoms with E-state index in [-0.39, 0.29) is 11.5 Å². The fourth-order valence-electron chi connectivity index (χ4n) is 3.21. The predicted octanol–water partition coefficient (Wildman–Crippen LogP) is 3.42. The molecule has 6 heteroatoms. The second-order valence-electron chi connectivity index (χ2n) is 6.72. The number of nitrogens with zero attached hydrogens (tertiary/aromatic N) is 2. The molecule has 0 bridgehead atoms. The van der Waals surface area contributed by atoms with E-state index in [1.54, 1.807) is 44.2 Å². The number of anilines is 1. The maximum absolute atomic E-state index is 12.8. The Morgan fingerprint density at radius 2 is 1.83 bits per heavy atom. The SMILES string of the molecule is CC1=NN(c2ccccc2)C(=O)/C1=C/c1ccc(-c2ccc(C(=O)[O-])cc2C)o1. The predicted molar refractivity (Wildman–Crippen MR) is 108 cm³/mol. The number of rotatable bonds is 4. The first-order chi connectivity index (χ1) is 13.9. The normalized spacial score (nSPS) is 15.1. The Morgan fingerprint density at radius 1 is 1.07 bits per heavy atom. The van der Waals surface area contributed by atoms with Crippen molar-refractivity contribution in [3.8, 4) is 11.3 Å². The summed E-state index contributed by atoms with van der Waals surface area (Å²) in [4.78, 5) is 23.8. The molecule has 0 radical (unpaired) electrons. The fourth-order valence-corrected chi connectivity index (χ4v) is 3.21. The van der Waals surface area contributed by atoms with Crippen LogP contribution in [0.2, 0.25) is 0 Å². The molecule has 1 amide bonds. The minimum absolute atomic E-state index is 0.115. The van der Waals surface area contributed by atoms with Gasteiger partial charge in [-0.1, -0.05) is 30.3 Å². The average molecular weight is 385 g/mol. The van der Waals surface area contributed by atoms with Crippen LogP contribution in [0.25, 0.3) is 17.4 Å². The number of carboxylic acids is 1. The van der Waals surface area contributed by atoms with Gasteiger partial charge in [0.25, 0.3) is 5.91 Å². The van der Waals surface area contributed by atoms with Gasteiger partial charge in [-0.2, -0.15) is 10.1 Å². The van der Waals surface area contributed by atoms with Crippen LogP contribution in [0.5, 0.6) is 0 Å². The molecule has 0 unspecified atom stereocenters. The van der Waals surface area contributed by atoms with Gasteiger partial charge in [0.05, 0.1) is 22.9 Å². The van der Waals surface area contributed by atoms with Crippen LogP contribution >= 0.6 is 0 Å². The number of benzene rings is 2. The van der Waals surface area contributed by atoms with E-state index in [1.807, 2.05) is 30.3 Å². The van der Waals surface area contributed by atoms with Crippen molar-refractivity contribution in [3.63, 3.8) is 0 Å². The lowest BCUT2D eigenvalue weighted by Crippen LogP contribution is -2.22. The number of hydrogen-bond acceptors (Lipinski definition) is 5. The summed E-state index contributed by atoms with van der Waals surface area (Å²) in [5.41, 5.74) is 3.40. The Bertz CT molecular complexity index is 1170. The molecule has 0 atom stereocenters. The molecule has 0 saturated carbocycles. The zero-order chi connectivity index (χ0) is 20.5. The highest BCUT2D eigenvalue weighted by Crippen LogP contribution is 2.29. The number of carbonyl (C=O) groups is 2. The molecular weight excluding hydrogens is 368 g/mol. The molecule has 3 aromatic rings. The quantitative estimate of drug-likeness (QED) is 0.644. The van der Waals surface area contributed by atoms with Gasteiger partial charge in [-0.15, -0.1) is 0 Å². The van der Waals surface area contributed by atoms with Gasteiger partial charge in [0.2, 0.25) is 0 Å². The molecular formula is C23H17N2O4-.